The first kappa shape index (κ1) is 15.4. The van der Waals surface area contributed by atoms with Gasteiger partial charge in [-0.3, -0.25) is 4.79 Å². The van der Waals surface area contributed by atoms with E-state index in [1.165, 1.54) is 0 Å². The topological polar surface area (TPSA) is 85.6 Å². The lowest BCUT2D eigenvalue weighted by Gasteiger charge is -2.10. The number of carbonyl (C=O) groups excluding carboxylic acids is 1. The van der Waals surface area contributed by atoms with Crippen LogP contribution in [0.3, 0.4) is 0 Å². The Morgan fingerprint density at radius 1 is 1.24 bits per heavy atom. The Bertz CT molecular complexity index is 927. The number of hydrogen-bond acceptors (Lipinski definition) is 5. The van der Waals surface area contributed by atoms with Gasteiger partial charge in [0.15, 0.2) is 5.82 Å². The maximum Gasteiger partial charge on any atom is 0.259 e. The van der Waals surface area contributed by atoms with Crippen molar-refractivity contribution in [1.82, 2.24) is 24.7 Å². The number of amides is 1. The van der Waals surface area contributed by atoms with Gasteiger partial charge in [-0.2, -0.15) is 0 Å². The van der Waals surface area contributed by atoms with Crippen LogP contribution in [0.15, 0.2) is 36.8 Å². The molecule has 0 unspecified atom stereocenters. The lowest BCUT2D eigenvalue weighted by atomic mass is 10.1. The minimum Gasteiger partial charge on any atom is -0.322 e. The van der Waals surface area contributed by atoms with Crippen LogP contribution in [0.25, 0.3) is 11.4 Å². The number of nitrogens with one attached hydrogen (secondary N) is 1. The van der Waals surface area contributed by atoms with Crippen molar-refractivity contribution >= 4 is 11.6 Å². The quantitative estimate of drug-likeness (QED) is 0.793. The fraction of sp³-hybridized carbons (Fsp3) is 0.278. The molecule has 2 heterocycles. The largest absolute Gasteiger partial charge is 0.322 e. The molecule has 1 aliphatic rings. The number of aromatic nitrogens is 5. The molecule has 1 saturated carbocycles. The highest BCUT2D eigenvalue weighted by molar-refractivity contribution is 6.05. The fourth-order valence-corrected chi connectivity index (χ4v) is 2.78. The molecule has 1 fully saturated rings. The summed E-state index contributed by atoms with van der Waals surface area (Å²) in [5, 5.41) is 10.9. The Labute approximate surface area is 145 Å². The molecule has 2 aromatic heterocycles. The normalized spacial score (nSPS) is 13.7. The highest BCUT2D eigenvalue weighted by atomic mass is 16.1. The molecule has 1 N–H and O–H groups in total. The van der Waals surface area contributed by atoms with Gasteiger partial charge in [-0.15, -0.1) is 10.2 Å². The van der Waals surface area contributed by atoms with Crippen molar-refractivity contribution in [1.29, 1.82) is 0 Å². The third-order valence-corrected chi connectivity index (χ3v) is 4.26. The smallest absolute Gasteiger partial charge is 0.259 e. The van der Waals surface area contributed by atoms with Gasteiger partial charge >= 0.3 is 0 Å². The van der Waals surface area contributed by atoms with Gasteiger partial charge in [0.2, 0.25) is 0 Å². The van der Waals surface area contributed by atoms with E-state index in [1.807, 2.05) is 42.8 Å². The number of aryl methyl sites for hydroxylation is 2. The molecule has 1 amide bonds. The van der Waals surface area contributed by atoms with E-state index in [9.17, 15) is 4.79 Å². The molecule has 1 aliphatic carbocycles. The summed E-state index contributed by atoms with van der Waals surface area (Å²) in [7, 11) is 1.89. The van der Waals surface area contributed by atoms with E-state index in [0.717, 1.165) is 35.6 Å². The number of rotatable bonds is 4. The van der Waals surface area contributed by atoms with Gasteiger partial charge in [0.1, 0.15) is 12.2 Å². The zero-order valence-corrected chi connectivity index (χ0v) is 14.1. The van der Waals surface area contributed by atoms with Gasteiger partial charge in [0, 0.05) is 30.4 Å². The van der Waals surface area contributed by atoms with Crippen LogP contribution < -0.4 is 5.32 Å². The van der Waals surface area contributed by atoms with E-state index in [1.54, 1.807) is 12.5 Å². The number of hydrogen-bond donors (Lipinski definition) is 1. The van der Waals surface area contributed by atoms with Crippen molar-refractivity contribution in [2.75, 3.05) is 5.32 Å². The number of anilines is 1. The second-order valence-electron chi connectivity index (χ2n) is 6.29. The van der Waals surface area contributed by atoms with Crippen molar-refractivity contribution in [3.8, 4) is 11.4 Å². The van der Waals surface area contributed by atoms with Crippen molar-refractivity contribution in [3.63, 3.8) is 0 Å². The Morgan fingerprint density at radius 3 is 2.64 bits per heavy atom. The van der Waals surface area contributed by atoms with Gasteiger partial charge < -0.3 is 9.88 Å². The molecule has 1 aromatic carbocycles. The van der Waals surface area contributed by atoms with Crippen LogP contribution in [-0.2, 0) is 7.05 Å². The van der Waals surface area contributed by atoms with Gasteiger partial charge in [0.25, 0.3) is 5.91 Å². The average Bonchev–Trinajstić information content (AvgIpc) is 3.37. The minimum absolute atomic E-state index is 0.173. The summed E-state index contributed by atoms with van der Waals surface area (Å²) in [6.07, 6.45) is 5.45. The molecule has 0 spiro atoms. The van der Waals surface area contributed by atoms with E-state index in [2.05, 4.69) is 25.5 Å². The zero-order chi connectivity index (χ0) is 17.4. The predicted molar refractivity (Wildman–Crippen MR) is 93.1 cm³/mol. The van der Waals surface area contributed by atoms with Crippen LogP contribution in [-0.4, -0.2) is 30.6 Å². The highest BCUT2D eigenvalue weighted by Crippen LogP contribution is 2.40. The molecule has 0 aliphatic heterocycles. The van der Waals surface area contributed by atoms with Crippen LogP contribution in [0, 0.1) is 6.92 Å². The van der Waals surface area contributed by atoms with Gasteiger partial charge in [0.05, 0.1) is 11.3 Å². The maximum atomic E-state index is 12.6. The van der Waals surface area contributed by atoms with Crippen LogP contribution in [0.4, 0.5) is 5.69 Å². The molecular weight excluding hydrogens is 316 g/mol. The highest BCUT2D eigenvalue weighted by Gasteiger charge is 2.30. The van der Waals surface area contributed by atoms with Crippen molar-refractivity contribution in [3.05, 3.63) is 53.9 Å². The summed E-state index contributed by atoms with van der Waals surface area (Å²) in [6.45, 7) is 1.85. The van der Waals surface area contributed by atoms with Crippen LogP contribution in [0.2, 0.25) is 0 Å². The second-order valence-corrected chi connectivity index (χ2v) is 6.29. The molecule has 4 rings (SSSR count). The average molecular weight is 334 g/mol. The monoisotopic (exact) mass is 334 g/mol. The molecule has 7 heteroatoms. The van der Waals surface area contributed by atoms with Crippen molar-refractivity contribution in [2.45, 2.75) is 25.7 Å². The first-order valence-electron chi connectivity index (χ1n) is 8.21. The Hall–Kier alpha value is -3.09. The van der Waals surface area contributed by atoms with Crippen LogP contribution >= 0.6 is 0 Å². The Morgan fingerprint density at radius 2 is 2.00 bits per heavy atom. The summed E-state index contributed by atoms with van der Waals surface area (Å²) in [5.41, 5.74) is 3.08. The first-order chi connectivity index (χ1) is 12.1. The standard InChI is InChI=1S/C18H18N6O/c1-11-19-9-15(16(21-11)12-3-4-12)18(25)22-14-7-5-13(6-8-14)17-23-20-10-24(17)2/h5-10,12H,3-4H2,1-2H3,(H,22,25). The molecule has 0 radical (unpaired) electrons. The number of carbonyl (C=O) groups is 1. The number of nitrogens with zero attached hydrogens (tertiary/aromatic N) is 5. The molecule has 7 nitrogen and oxygen atoms in total. The fourth-order valence-electron chi connectivity index (χ4n) is 2.78. The summed E-state index contributed by atoms with van der Waals surface area (Å²) in [6, 6.07) is 7.53. The molecule has 126 valence electrons. The second kappa shape index (κ2) is 6.08. The van der Waals surface area contributed by atoms with E-state index < -0.39 is 0 Å². The predicted octanol–water partition coefficient (Wildman–Crippen LogP) is 2.71. The lowest BCUT2D eigenvalue weighted by molar-refractivity contribution is 0.102. The summed E-state index contributed by atoms with van der Waals surface area (Å²) in [4.78, 5) is 21.3. The number of benzene rings is 1. The van der Waals surface area contributed by atoms with Gasteiger partial charge in [-0.25, -0.2) is 9.97 Å². The summed E-state index contributed by atoms with van der Waals surface area (Å²) >= 11 is 0. The molecular formula is C18H18N6O. The van der Waals surface area contributed by atoms with E-state index >= 15 is 0 Å². The molecule has 0 saturated heterocycles. The van der Waals surface area contributed by atoms with E-state index in [-0.39, 0.29) is 5.91 Å². The maximum absolute atomic E-state index is 12.6. The minimum atomic E-state index is -0.173. The van der Waals surface area contributed by atoms with Gasteiger partial charge in [-0.1, -0.05) is 0 Å². The SMILES string of the molecule is Cc1ncc(C(=O)Nc2ccc(-c3nncn3C)cc2)c(C2CC2)n1. The third kappa shape index (κ3) is 3.13. The Kier molecular flexibility index (Phi) is 3.76. The molecule has 0 bridgehead atoms. The van der Waals surface area contributed by atoms with Crippen molar-refractivity contribution in [2.24, 2.45) is 7.05 Å². The lowest BCUT2D eigenvalue weighted by Crippen LogP contribution is -2.16. The molecule has 3 aromatic rings. The molecule has 0 atom stereocenters. The van der Waals surface area contributed by atoms with Crippen LogP contribution in [0.5, 0.6) is 0 Å². The van der Waals surface area contributed by atoms with Crippen molar-refractivity contribution < 1.29 is 4.79 Å². The first-order valence-corrected chi connectivity index (χ1v) is 8.21. The Balaban J connectivity index is 1.54. The summed E-state index contributed by atoms with van der Waals surface area (Å²) in [5.74, 6) is 1.70. The summed E-state index contributed by atoms with van der Waals surface area (Å²) < 4.78 is 1.85. The molecule has 25 heavy (non-hydrogen) atoms. The van der Waals surface area contributed by atoms with E-state index in [0.29, 0.717) is 17.3 Å². The van der Waals surface area contributed by atoms with Crippen LogP contribution in [0.1, 0.15) is 40.6 Å². The zero-order valence-electron chi connectivity index (χ0n) is 14.1. The van der Waals surface area contributed by atoms with E-state index in [4.69, 9.17) is 0 Å². The third-order valence-electron chi connectivity index (χ3n) is 4.26. The van der Waals surface area contributed by atoms with Gasteiger partial charge in [-0.05, 0) is 44.0 Å².